The van der Waals surface area contributed by atoms with E-state index in [0.717, 1.165) is 0 Å². The van der Waals surface area contributed by atoms with Gasteiger partial charge in [0.1, 0.15) is 5.69 Å². The average molecular weight is 243 g/mol. The van der Waals surface area contributed by atoms with Crippen LogP contribution in [-0.2, 0) is 0 Å². The van der Waals surface area contributed by atoms with Gasteiger partial charge in [-0.05, 0) is 24.5 Å². The number of pyridine rings is 1. The van der Waals surface area contributed by atoms with Crippen LogP contribution in [0.5, 0.6) is 0 Å². The molecule has 0 aliphatic carbocycles. The molecule has 0 aromatic carbocycles. The lowest BCUT2D eigenvalue weighted by molar-refractivity contribution is 0.502. The number of hydrogen-bond donors (Lipinski definition) is 0. The fourth-order valence-electron chi connectivity index (χ4n) is 1.29. The van der Waals surface area contributed by atoms with E-state index in [0.29, 0.717) is 17.5 Å². The molecule has 2 heterocycles. The highest BCUT2D eigenvalue weighted by Gasteiger charge is 2.14. The third kappa shape index (κ3) is 2.83. The molecular formula is C14H17N3O. The Bertz CT molecular complexity index is 550. The van der Waals surface area contributed by atoms with Crippen molar-refractivity contribution in [1.82, 2.24) is 15.2 Å². The summed E-state index contributed by atoms with van der Waals surface area (Å²) in [4.78, 5) is 4.17. The van der Waals surface area contributed by atoms with Crippen molar-refractivity contribution in [3.8, 4) is 11.6 Å². The van der Waals surface area contributed by atoms with Crippen molar-refractivity contribution in [3.05, 3.63) is 35.9 Å². The molecule has 0 atom stereocenters. The topological polar surface area (TPSA) is 51.8 Å². The number of rotatable bonds is 2. The largest absolute Gasteiger partial charge is 0.415 e. The van der Waals surface area contributed by atoms with Crippen LogP contribution in [0.15, 0.2) is 34.4 Å². The summed E-state index contributed by atoms with van der Waals surface area (Å²) in [6.45, 7) is 8.50. The lowest BCUT2D eigenvalue weighted by Gasteiger charge is -2.18. The maximum absolute atomic E-state index is 5.57. The fraction of sp³-hybridized carbons (Fsp3) is 0.357. The second kappa shape index (κ2) is 4.72. The minimum Gasteiger partial charge on any atom is -0.415 e. The van der Waals surface area contributed by atoms with Crippen molar-refractivity contribution in [2.45, 2.75) is 27.7 Å². The summed E-state index contributed by atoms with van der Waals surface area (Å²) in [6.07, 6.45) is 3.62. The van der Waals surface area contributed by atoms with Gasteiger partial charge in [0.2, 0.25) is 5.89 Å². The minimum absolute atomic E-state index is 0.0969. The highest BCUT2D eigenvalue weighted by molar-refractivity contribution is 5.49. The first-order valence-corrected chi connectivity index (χ1v) is 5.90. The minimum atomic E-state index is 0.0969. The van der Waals surface area contributed by atoms with Crippen LogP contribution in [0.3, 0.4) is 0 Å². The summed E-state index contributed by atoms with van der Waals surface area (Å²) in [5, 5.41) is 8.01. The van der Waals surface area contributed by atoms with Gasteiger partial charge in [-0.25, -0.2) is 0 Å². The van der Waals surface area contributed by atoms with E-state index >= 15 is 0 Å². The van der Waals surface area contributed by atoms with Crippen LogP contribution in [-0.4, -0.2) is 15.2 Å². The number of allylic oxidation sites excluding steroid dienone is 1. The molecule has 0 bridgehead atoms. The van der Waals surface area contributed by atoms with Crippen molar-refractivity contribution in [2.24, 2.45) is 5.41 Å². The predicted molar refractivity (Wildman–Crippen MR) is 70.6 cm³/mol. The highest BCUT2D eigenvalue weighted by atomic mass is 16.4. The Morgan fingerprint density at radius 2 is 2.00 bits per heavy atom. The monoisotopic (exact) mass is 243 g/mol. The van der Waals surface area contributed by atoms with E-state index in [4.69, 9.17) is 4.42 Å². The van der Waals surface area contributed by atoms with E-state index in [1.54, 1.807) is 6.20 Å². The Morgan fingerprint density at radius 1 is 1.22 bits per heavy atom. The first-order valence-electron chi connectivity index (χ1n) is 5.90. The number of hydrogen-bond acceptors (Lipinski definition) is 4. The van der Waals surface area contributed by atoms with Crippen LogP contribution in [0.25, 0.3) is 17.7 Å². The van der Waals surface area contributed by atoms with Gasteiger partial charge < -0.3 is 4.42 Å². The zero-order valence-electron chi connectivity index (χ0n) is 11.1. The molecule has 0 unspecified atom stereocenters. The smallest absolute Gasteiger partial charge is 0.266 e. The zero-order chi connectivity index (χ0) is 13.2. The number of aromatic nitrogens is 3. The summed E-state index contributed by atoms with van der Waals surface area (Å²) in [6, 6.07) is 5.59. The molecule has 0 N–H and O–H groups in total. The molecule has 94 valence electrons. The molecule has 2 rings (SSSR count). The van der Waals surface area contributed by atoms with E-state index in [2.05, 4.69) is 42.9 Å². The molecule has 18 heavy (non-hydrogen) atoms. The number of nitrogens with zero attached hydrogens (tertiary/aromatic N) is 3. The third-order valence-electron chi connectivity index (χ3n) is 2.85. The summed E-state index contributed by atoms with van der Waals surface area (Å²) in [5.74, 6) is 0.964. The molecule has 0 radical (unpaired) electrons. The lowest BCUT2D eigenvalue weighted by atomic mass is 9.87. The fourth-order valence-corrected chi connectivity index (χ4v) is 1.29. The van der Waals surface area contributed by atoms with Crippen molar-refractivity contribution in [3.63, 3.8) is 0 Å². The summed E-state index contributed by atoms with van der Waals surface area (Å²) >= 11 is 0. The maximum Gasteiger partial charge on any atom is 0.266 e. The van der Waals surface area contributed by atoms with Gasteiger partial charge in [-0.2, -0.15) is 0 Å². The molecule has 0 aliphatic heterocycles. The SMILES string of the molecule is C/C(=C/c1nnc(-c2ccccn2)o1)C(C)(C)C. The van der Waals surface area contributed by atoms with Crippen molar-refractivity contribution < 1.29 is 4.42 Å². The van der Waals surface area contributed by atoms with Crippen LogP contribution in [0, 0.1) is 5.41 Å². The van der Waals surface area contributed by atoms with Gasteiger partial charge in [-0.3, -0.25) is 4.98 Å². The molecule has 2 aromatic heterocycles. The predicted octanol–water partition coefficient (Wildman–Crippen LogP) is 3.58. The Labute approximate surface area is 107 Å². The highest BCUT2D eigenvalue weighted by Crippen LogP contribution is 2.26. The van der Waals surface area contributed by atoms with Gasteiger partial charge in [0.15, 0.2) is 0 Å². The van der Waals surface area contributed by atoms with E-state index < -0.39 is 0 Å². The van der Waals surface area contributed by atoms with Crippen molar-refractivity contribution in [2.75, 3.05) is 0 Å². The normalized spacial score (nSPS) is 12.8. The Balaban J connectivity index is 2.27. The summed E-state index contributed by atoms with van der Waals surface area (Å²) in [5.41, 5.74) is 1.98. The quantitative estimate of drug-likeness (QED) is 0.809. The average Bonchev–Trinajstić information content (AvgIpc) is 2.77. The van der Waals surface area contributed by atoms with Crippen LogP contribution >= 0.6 is 0 Å². The molecule has 0 spiro atoms. The van der Waals surface area contributed by atoms with Gasteiger partial charge >= 0.3 is 0 Å². The Morgan fingerprint density at radius 3 is 2.61 bits per heavy atom. The standard InChI is InChI=1S/C14H17N3O/c1-10(14(2,3)4)9-12-16-17-13(18-12)11-7-5-6-8-15-11/h5-9H,1-4H3/b10-9-. The summed E-state index contributed by atoms with van der Waals surface area (Å²) < 4.78 is 5.57. The summed E-state index contributed by atoms with van der Waals surface area (Å²) in [7, 11) is 0. The van der Waals surface area contributed by atoms with Crippen molar-refractivity contribution >= 4 is 6.08 Å². The second-order valence-corrected chi connectivity index (χ2v) is 5.24. The first kappa shape index (κ1) is 12.5. The molecule has 4 nitrogen and oxygen atoms in total. The van der Waals surface area contributed by atoms with Crippen LogP contribution in [0.4, 0.5) is 0 Å². The van der Waals surface area contributed by atoms with Crippen molar-refractivity contribution in [1.29, 1.82) is 0 Å². The van der Waals surface area contributed by atoms with Crippen LogP contribution in [0.1, 0.15) is 33.6 Å². The maximum atomic E-state index is 5.57. The molecular weight excluding hydrogens is 226 g/mol. The van der Waals surface area contributed by atoms with Gasteiger partial charge in [0.05, 0.1) is 0 Å². The van der Waals surface area contributed by atoms with Gasteiger partial charge in [-0.15, -0.1) is 10.2 Å². The Hall–Kier alpha value is -1.97. The van der Waals surface area contributed by atoms with Gasteiger partial charge in [0.25, 0.3) is 5.89 Å². The van der Waals surface area contributed by atoms with Crippen LogP contribution in [0.2, 0.25) is 0 Å². The third-order valence-corrected chi connectivity index (χ3v) is 2.85. The molecule has 2 aromatic rings. The zero-order valence-corrected chi connectivity index (χ0v) is 11.1. The van der Waals surface area contributed by atoms with E-state index in [9.17, 15) is 0 Å². The van der Waals surface area contributed by atoms with Gasteiger partial charge in [0, 0.05) is 12.3 Å². The molecule has 4 heteroatoms. The van der Waals surface area contributed by atoms with E-state index in [-0.39, 0.29) is 5.41 Å². The van der Waals surface area contributed by atoms with Gasteiger partial charge in [-0.1, -0.05) is 32.4 Å². The molecule has 0 fully saturated rings. The van der Waals surface area contributed by atoms with E-state index in [1.165, 1.54) is 5.57 Å². The van der Waals surface area contributed by atoms with Crippen LogP contribution < -0.4 is 0 Å². The lowest BCUT2D eigenvalue weighted by Crippen LogP contribution is -2.05. The molecule has 0 aliphatic rings. The van der Waals surface area contributed by atoms with E-state index in [1.807, 2.05) is 24.3 Å². The second-order valence-electron chi connectivity index (χ2n) is 5.24. The molecule has 0 saturated heterocycles. The molecule has 0 saturated carbocycles. The first-order chi connectivity index (χ1) is 8.47. The Kier molecular flexibility index (Phi) is 3.28. The molecule has 0 amide bonds.